The highest BCUT2D eigenvalue weighted by atomic mass is 32.2. The van der Waals surface area contributed by atoms with Gasteiger partial charge in [-0.1, -0.05) is 0 Å². The number of carboxylic acid groups (broad SMARTS) is 1. The highest BCUT2D eigenvalue weighted by Gasteiger charge is 2.26. The predicted octanol–water partition coefficient (Wildman–Crippen LogP) is 0.414. The van der Waals surface area contributed by atoms with Crippen molar-refractivity contribution in [3.63, 3.8) is 0 Å². The molecule has 0 aliphatic carbocycles. The Morgan fingerprint density at radius 2 is 2.18 bits per heavy atom. The summed E-state index contributed by atoms with van der Waals surface area (Å²) in [6, 6.07) is 0. The predicted molar refractivity (Wildman–Crippen MR) is 62.9 cm³/mol. The van der Waals surface area contributed by atoms with E-state index >= 15 is 0 Å². The minimum Gasteiger partial charge on any atom is -0.477 e. The summed E-state index contributed by atoms with van der Waals surface area (Å²) in [6.45, 7) is 2.80. The summed E-state index contributed by atoms with van der Waals surface area (Å²) < 4.78 is 25.9. The molecule has 17 heavy (non-hydrogen) atoms. The molecular formula is C9H13NO5S2. The molecule has 1 aromatic heterocycles. The standard InChI is InChI=1S/C9H13NO5S2/c1-5-4-16-7(9(12)13)8(5)17(14,15)10-3-6(2)11/h4,6,10-11H,3H2,1-2H3,(H,12,13). The van der Waals surface area contributed by atoms with Crippen LogP contribution in [-0.4, -0.2) is 37.2 Å². The number of thiophene rings is 1. The quantitative estimate of drug-likeness (QED) is 0.724. The van der Waals surface area contributed by atoms with Gasteiger partial charge in [-0.25, -0.2) is 17.9 Å². The molecule has 3 N–H and O–H groups in total. The van der Waals surface area contributed by atoms with Crippen LogP contribution < -0.4 is 4.72 Å². The van der Waals surface area contributed by atoms with Crippen LogP contribution in [-0.2, 0) is 10.0 Å². The third-order valence-electron chi connectivity index (χ3n) is 1.95. The van der Waals surface area contributed by atoms with E-state index < -0.39 is 22.1 Å². The summed E-state index contributed by atoms with van der Waals surface area (Å²) in [6.07, 6.45) is -0.836. The number of aliphatic hydroxyl groups is 1. The van der Waals surface area contributed by atoms with E-state index in [0.717, 1.165) is 11.3 Å². The van der Waals surface area contributed by atoms with Gasteiger partial charge in [-0.15, -0.1) is 11.3 Å². The lowest BCUT2D eigenvalue weighted by Gasteiger charge is -2.09. The van der Waals surface area contributed by atoms with E-state index in [0.29, 0.717) is 5.56 Å². The highest BCUT2D eigenvalue weighted by Crippen LogP contribution is 2.26. The average molecular weight is 279 g/mol. The van der Waals surface area contributed by atoms with Crippen LogP contribution in [0.3, 0.4) is 0 Å². The monoisotopic (exact) mass is 279 g/mol. The Balaban J connectivity index is 3.14. The van der Waals surface area contributed by atoms with Crippen molar-refractivity contribution in [1.82, 2.24) is 4.72 Å². The number of carboxylic acids is 1. The van der Waals surface area contributed by atoms with E-state index in [2.05, 4.69) is 4.72 Å². The number of hydrogen-bond donors (Lipinski definition) is 3. The fourth-order valence-corrected chi connectivity index (χ4v) is 3.97. The van der Waals surface area contributed by atoms with Crippen LogP contribution >= 0.6 is 11.3 Å². The minimum absolute atomic E-state index is 0.156. The molecule has 0 saturated carbocycles. The molecule has 1 aromatic rings. The van der Waals surface area contributed by atoms with Gasteiger partial charge in [-0.05, 0) is 24.8 Å². The van der Waals surface area contributed by atoms with Crippen LogP contribution in [0.5, 0.6) is 0 Å². The summed E-state index contributed by atoms with van der Waals surface area (Å²) in [5.74, 6) is -1.28. The highest BCUT2D eigenvalue weighted by molar-refractivity contribution is 7.89. The molecule has 0 aromatic carbocycles. The van der Waals surface area contributed by atoms with Gasteiger partial charge in [0.1, 0.15) is 9.77 Å². The number of aliphatic hydroxyl groups excluding tert-OH is 1. The molecule has 6 nitrogen and oxygen atoms in total. The molecule has 1 atom stereocenters. The maximum atomic E-state index is 11.9. The Kier molecular flexibility index (Phi) is 4.26. The molecule has 0 fully saturated rings. The summed E-state index contributed by atoms with van der Waals surface area (Å²) in [5, 5.41) is 19.4. The molecule has 8 heteroatoms. The maximum Gasteiger partial charge on any atom is 0.347 e. The Labute approximate surface area is 103 Å². The molecule has 1 heterocycles. The number of hydrogen-bond acceptors (Lipinski definition) is 5. The smallest absolute Gasteiger partial charge is 0.347 e. The van der Waals surface area contributed by atoms with Gasteiger partial charge in [0.2, 0.25) is 10.0 Å². The molecule has 0 bridgehead atoms. The zero-order valence-electron chi connectivity index (χ0n) is 9.30. The molecule has 0 amide bonds. The van der Waals surface area contributed by atoms with Gasteiger partial charge in [-0.2, -0.15) is 0 Å². The second-order valence-corrected chi connectivity index (χ2v) is 6.17. The van der Waals surface area contributed by atoms with Gasteiger partial charge in [0.15, 0.2) is 0 Å². The lowest BCUT2D eigenvalue weighted by atomic mass is 10.3. The Morgan fingerprint density at radius 1 is 1.59 bits per heavy atom. The summed E-state index contributed by atoms with van der Waals surface area (Å²) in [4.78, 5) is 10.4. The molecular weight excluding hydrogens is 266 g/mol. The van der Waals surface area contributed by atoms with Crippen molar-refractivity contribution in [1.29, 1.82) is 0 Å². The summed E-state index contributed by atoms with van der Waals surface area (Å²) in [7, 11) is -3.90. The van der Waals surface area contributed by atoms with Crippen molar-refractivity contribution >= 4 is 27.3 Å². The van der Waals surface area contributed by atoms with Crippen molar-refractivity contribution in [3.8, 4) is 0 Å². The van der Waals surface area contributed by atoms with E-state index in [1.807, 2.05) is 0 Å². The first-order valence-electron chi connectivity index (χ1n) is 4.75. The van der Waals surface area contributed by atoms with Crippen LogP contribution in [0.1, 0.15) is 22.2 Å². The van der Waals surface area contributed by atoms with Crippen LogP contribution in [0.25, 0.3) is 0 Å². The second-order valence-electron chi connectivity index (χ2n) is 3.58. The molecule has 0 aliphatic rings. The van der Waals surface area contributed by atoms with Crippen molar-refractivity contribution in [3.05, 3.63) is 15.8 Å². The van der Waals surface area contributed by atoms with Crippen LogP contribution in [0.4, 0.5) is 0 Å². The number of rotatable bonds is 5. The Bertz CT molecular complexity index is 517. The molecule has 96 valence electrons. The van der Waals surface area contributed by atoms with Gasteiger partial charge in [0.25, 0.3) is 0 Å². The molecule has 0 saturated heterocycles. The van der Waals surface area contributed by atoms with Gasteiger partial charge >= 0.3 is 5.97 Å². The van der Waals surface area contributed by atoms with Crippen molar-refractivity contribution in [2.45, 2.75) is 24.8 Å². The topological polar surface area (TPSA) is 104 Å². The van der Waals surface area contributed by atoms with E-state index in [1.165, 1.54) is 19.2 Å². The van der Waals surface area contributed by atoms with Gasteiger partial charge in [0, 0.05) is 6.54 Å². The Hall–Kier alpha value is -0.960. The zero-order chi connectivity index (χ0) is 13.2. The fourth-order valence-electron chi connectivity index (χ4n) is 1.22. The van der Waals surface area contributed by atoms with Gasteiger partial charge in [-0.3, -0.25) is 0 Å². The first-order chi connectivity index (χ1) is 7.75. The van der Waals surface area contributed by atoms with E-state index in [-0.39, 0.29) is 16.3 Å². The lowest BCUT2D eigenvalue weighted by Crippen LogP contribution is -2.31. The normalized spacial score (nSPS) is 13.6. The molecule has 0 aliphatic heterocycles. The number of sulfonamides is 1. The summed E-state index contributed by atoms with van der Waals surface area (Å²) in [5.41, 5.74) is 0.380. The maximum absolute atomic E-state index is 11.9. The molecule has 0 spiro atoms. The van der Waals surface area contributed by atoms with Gasteiger partial charge < -0.3 is 10.2 Å². The first-order valence-corrected chi connectivity index (χ1v) is 7.11. The van der Waals surface area contributed by atoms with Crippen LogP contribution in [0, 0.1) is 6.92 Å². The van der Waals surface area contributed by atoms with Gasteiger partial charge in [0.05, 0.1) is 6.10 Å². The Morgan fingerprint density at radius 3 is 2.65 bits per heavy atom. The number of carbonyl (C=O) groups is 1. The van der Waals surface area contributed by atoms with E-state index in [4.69, 9.17) is 10.2 Å². The van der Waals surface area contributed by atoms with E-state index in [9.17, 15) is 13.2 Å². The summed E-state index contributed by atoms with van der Waals surface area (Å²) >= 11 is 0.864. The lowest BCUT2D eigenvalue weighted by molar-refractivity contribution is 0.0698. The molecule has 1 unspecified atom stereocenters. The number of aryl methyl sites for hydroxylation is 1. The van der Waals surface area contributed by atoms with Crippen molar-refractivity contribution in [2.24, 2.45) is 0 Å². The third-order valence-corrected chi connectivity index (χ3v) is 4.77. The van der Waals surface area contributed by atoms with Crippen LogP contribution in [0.15, 0.2) is 10.3 Å². The first kappa shape index (κ1) is 14.1. The van der Waals surface area contributed by atoms with Crippen molar-refractivity contribution in [2.75, 3.05) is 6.54 Å². The third kappa shape index (κ3) is 3.25. The molecule has 1 rings (SSSR count). The van der Waals surface area contributed by atoms with Crippen molar-refractivity contribution < 1.29 is 23.4 Å². The second kappa shape index (κ2) is 5.13. The number of nitrogens with one attached hydrogen (secondary N) is 1. The molecule has 0 radical (unpaired) electrons. The number of aromatic carboxylic acids is 1. The zero-order valence-corrected chi connectivity index (χ0v) is 10.9. The minimum atomic E-state index is -3.90. The van der Waals surface area contributed by atoms with Crippen LogP contribution in [0.2, 0.25) is 0 Å². The van der Waals surface area contributed by atoms with E-state index in [1.54, 1.807) is 0 Å². The average Bonchev–Trinajstić information content (AvgIpc) is 2.58. The SMILES string of the molecule is Cc1csc(C(=O)O)c1S(=O)(=O)NCC(C)O. The largest absolute Gasteiger partial charge is 0.477 e. The fraction of sp³-hybridized carbons (Fsp3) is 0.444.